The lowest BCUT2D eigenvalue weighted by atomic mass is 10.0. The number of hydrogen-bond donors (Lipinski definition) is 1. The van der Waals surface area contributed by atoms with E-state index in [0.29, 0.717) is 28.3 Å². The second-order valence-corrected chi connectivity index (χ2v) is 8.10. The zero-order valence-electron chi connectivity index (χ0n) is 19.4. The standard InChI is InChI=1S/C27H26N2O4/c1-16-6-11-23(33-5)22(15-16)29-26(30)24(19-7-9-21(32-4)10-8-19)25(27(29)31)28-20-13-17(2)12-18(3)14-20/h6-15,28H,1-5H3. The molecule has 33 heavy (non-hydrogen) atoms. The number of rotatable bonds is 6. The molecular weight excluding hydrogens is 416 g/mol. The van der Waals surface area contributed by atoms with Gasteiger partial charge in [-0.15, -0.1) is 0 Å². The summed E-state index contributed by atoms with van der Waals surface area (Å²) >= 11 is 0. The molecule has 3 aromatic rings. The first-order valence-electron chi connectivity index (χ1n) is 10.6. The lowest BCUT2D eigenvalue weighted by Gasteiger charge is -2.19. The van der Waals surface area contributed by atoms with Gasteiger partial charge in [-0.3, -0.25) is 9.59 Å². The Morgan fingerprint density at radius 2 is 1.39 bits per heavy atom. The minimum atomic E-state index is -0.436. The van der Waals surface area contributed by atoms with Gasteiger partial charge in [-0.1, -0.05) is 24.3 Å². The summed E-state index contributed by atoms with van der Waals surface area (Å²) in [6.07, 6.45) is 0. The van der Waals surface area contributed by atoms with E-state index in [2.05, 4.69) is 11.4 Å². The third kappa shape index (κ3) is 4.20. The predicted octanol–water partition coefficient (Wildman–Crippen LogP) is 5.03. The molecule has 6 heteroatoms. The monoisotopic (exact) mass is 442 g/mol. The van der Waals surface area contributed by atoms with Crippen molar-refractivity contribution in [2.24, 2.45) is 0 Å². The summed E-state index contributed by atoms with van der Waals surface area (Å²) in [4.78, 5) is 28.6. The first-order chi connectivity index (χ1) is 15.8. The smallest absolute Gasteiger partial charge is 0.282 e. The molecule has 0 saturated heterocycles. The highest BCUT2D eigenvalue weighted by atomic mass is 16.5. The average Bonchev–Trinajstić information content (AvgIpc) is 3.02. The fourth-order valence-corrected chi connectivity index (χ4v) is 4.06. The lowest BCUT2D eigenvalue weighted by Crippen LogP contribution is -2.32. The number of nitrogens with zero attached hydrogens (tertiary/aromatic N) is 1. The zero-order valence-corrected chi connectivity index (χ0v) is 19.4. The van der Waals surface area contributed by atoms with Crippen LogP contribution >= 0.6 is 0 Å². The molecule has 0 bridgehead atoms. The van der Waals surface area contributed by atoms with Gasteiger partial charge in [-0.05, 0) is 79.4 Å². The SMILES string of the molecule is COc1ccc(C2=C(Nc3cc(C)cc(C)c3)C(=O)N(c3cc(C)ccc3OC)C2=O)cc1. The molecule has 0 radical (unpaired) electrons. The van der Waals surface area contributed by atoms with Crippen LogP contribution in [0, 0.1) is 20.8 Å². The van der Waals surface area contributed by atoms with Crippen LogP contribution < -0.4 is 19.7 Å². The van der Waals surface area contributed by atoms with E-state index in [9.17, 15) is 9.59 Å². The van der Waals surface area contributed by atoms with Crippen LogP contribution in [-0.4, -0.2) is 26.0 Å². The molecule has 1 aliphatic rings. The molecule has 0 saturated carbocycles. The van der Waals surface area contributed by atoms with E-state index in [1.807, 2.05) is 39.0 Å². The van der Waals surface area contributed by atoms with Gasteiger partial charge in [-0.25, -0.2) is 4.90 Å². The van der Waals surface area contributed by atoms with E-state index in [1.54, 1.807) is 43.5 Å². The highest BCUT2D eigenvalue weighted by molar-refractivity contribution is 6.46. The number of anilines is 2. The number of methoxy groups -OCH3 is 2. The first kappa shape index (κ1) is 22.1. The third-order valence-electron chi connectivity index (χ3n) is 5.53. The van der Waals surface area contributed by atoms with E-state index in [1.165, 1.54) is 12.0 Å². The molecule has 1 heterocycles. The molecule has 3 aromatic carbocycles. The number of benzene rings is 3. The molecule has 2 amide bonds. The van der Waals surface area contributed by atoms with E-state index in [0.717, 1.165) is 22.4 Å². The van der Waals surface area contributed by atoms with Crippen LogP contribution in [0.1, 0.15) is 22.3 Å². The normalized spacial score (nSPS) is 13.5. The van der Waals surface area contributed by atoms with Crippen LogP contribution in [0.5, 0.6) is 11.5 Å². The van der Waals surface area contributed by atoms with Gasteiger partial charge < -0.3 is 14.8 Å². The van der Waals surface area contributed by atoms with Gasteiger partial charge in [-0.2, -0.15) is 0 Å². The lowest BCUT2D eigenvalue weighted by molar-refractivity contribution is -0.120. The quantitative estimate of drug-likeness (QED) is 0.543. The first-order valence-corrected chi connectivity index (χ1v) is 10.6. The van der Waals surface area contributed by atoms with Gasteiger partial charge in [0, 0.05) is 5.69 Å². The van der Waals surface area contributed by atoms with Crippen molar-refractivity contribution in [2.45, 2.75) is 20.8 Å². The second kappa shape index (κ2) is 8.82. The highest BCUT2D eigenvalue weighted by Gasteiger charge is 2.41. The molecular formula is C27H26N2O4. The summed E-state index contributed by atoms with van der Waals surface area (Å²) in [5.74, 6) is 0.260. The van der Waals surface area contributed by atoms with Gasteiger partial charge in [0.2, 0.25) is 0 Å². The van der Waals surface area contributed by atoms with Gasteiger partial charge >= 0.3 is 0 Å². The van der Waals surface area contributed by atoms with E-state index in [4.69, 9.17) is 9.47 Å². The number of carbonyl (C=O) groups excluding carboxylic acids is 2. The van der Waals surface area contributed by atoms with Gasteiger partial charge in [0.25, 0.3) is 11.8 Å². The van der Waals surface area contributed by atoms with Crippen LogP contribution in [-0.2, 0) is 9.59 Å². The Bertz CT molecular complexity index is 1260. The number of imide groups is 1. The molecule has 1 N–H and O–H groups in total. The topological polar surface area (TPSA) is 67.9 Å². The Hall–Kier alpha value is -4.06. The Kier molecular flexibility index (Phi) is 5.92. The molecule has 0 aromatic heterocycles. The van der Waals surface area contributed by atoms with Gasteiger partial charge in [0.1, 0.15) is 17.2 Å². The van der Waals surface area contributed by atoms with Crippen molar-refractivity contribution < 1.29 is 19.1 Å². The summed E-state index contributed by atoms with van der Waals surface area (Å²) in [7, 11) is 3.10. The fraction of sp³-hybridized carbons (Fsp3) is 0.185. The number of carbonyl (C=O) groups is 2. The summed E-state index contributed by atoms with van der Waals surface area (Å²) < 4.78 is 10.7. The Morgan fingerprint density at radius 3 is 2.00 bits per heavy atom. The van der Waals surface area contributed by atoms with E-state index >= 15 is 0 Å². The summed E-state index contributed by atoms with van der Waals surface area (Å²) in [6, 6.07) is 18.4. The summed E-state index contributed by atoms with van der Waals surface area (Å²) in [5.41, 5.74) is 5.31. The molecule has 168 valence electrons. The van der Waals surface area contributed by atoms with Crippen LogP contribution in [0.3, 0.4) is 0 Å². The summed E-state index contributed by atoms with van der Waals surface area (Å²) in [5, 5.41) is 3.23. The molecule has 6 nitrogen and oxygen atoms in total. The third-order valence-corrected chi connectivity index (χ3v) is 5.53. The zero-order chi connectivity index (χ0) is 23.7. The largest absolute Gasteiger partial charge is 0.497 e. The average molecular weight is 443 g/mol. The van der Waals surface area contributed by atoms with E-state index in [-0.39, 0.29) is 5.70 Å². The molecule has 4 rings (SSSR count). The second-order valence-electron chi connectivity index (χ2n) is 8.10. The molecule has 1 aliphatic heterocycles. The van der Waals surface area contributed by atoms with E-state index < -0.39 is 11.8 Å². The number of hydrogen-bond acceptors (Lipinski definition) is 5. The minimum Gasteiger partial charge on any atom is -0.497 e. The van der Waals surface area contributed by atoms with Crippen molar-refractivity contribution in [3.05, 3.63) is 88.6 Å². The van der Waals surface area contributed by atoms with Gasteiger partial charge in [0.15, 0.2) is 0 Å². The minimum absolute atomic E-state index is 0.221. The van der Waals surface area contributed by atoms with Crippen molar-refractivity contribution in [3.63, 3.8) is 0 Å². The number of ether oxygens (including phenoxy) is 2. The van der Waals surface area contributed by atoms with Crippen molar-refractivity contribution in [3.8, 4) is 11.5 Å². The van der Waals surface area contributed by atoms with Crippen LogP contribution in [0.4, 0.5) is 11.4 Å². The van der Waals surface area contributed by atoms with Crippen LogP contribution in [0.25, 0.3) is 5.57 Å². The Labute approximate surface area is 193 Å². The molecule has 0 aliphatic carbocycles. The fourth-order valence-electron chi connectivity index (χ4n) is 4.06. The maximum absolute atomic E-state index is 13.7. The molecule has 0 fully saturated rings. The summed E-state index contributed by atoms with van der Waals surface area (Å²) in [6.45, 7) is 5.88. The Balaban J connectivity index is 1.86. The highest BCUT2D eigenvalue weighted by Crippen LogP contribution is 2.38. The van der Waals surface area contributed by atoms with Crippen molar-refractivity contribution in [1.82, 2.24) is 0 Å². The Morgan fingerprint density at radius 1 is 0.727 bits per heavy atom. The number of aryl methyl sites for hydroxylation is 3. The number of amides is 2. The van der Waals surface area contributed by atoms with Crippen molar-refractivity contribution in [1.29, 1.82) is 0 Å². The maximum atomic E-state index is 13.7. The maximum Gasteiger partial charge on any atom is 0.282 e. The van der Waals surface area contributed by atoms with Crippen molar-refractivity contribution in [2.75, 3.05) is 24.4 Å². The molecule has 0 spiro atoms. The van der Waals surface area contributed by atoms with Crippen molar-refractivity contribution >= 4 is 28.8 Å². The van der Waals surface area contributed by atoms with Crippen LogP contribution in [0.15, 0.2) is 66.4 Å². The number of nitrogens with one attached hydrogen (secondary N) is 1. The van der Waals surface area contributed by atoms with Crippen LogP contribution in [0.2, 0.25) is 0 Å². The predicted molar refractivity (Wildman–Crippen MR) is 130 cm³/mol. The van der Waals surface area contributed by atoms with Gasteiger partial charge in [0.05, 0.1) is 25.5 Å². The molecule has 0 atom stereocenters. The molecule has 0 unspecified atom stereocenters.